The minimum atomic E-state index is 0.484. The summed E-state index contributed by atoms with van der Waals surface area (Å²) in [4.78, 5) is 5.00. The lowest BCUT2D eigenvalue weighted by molar-refractivity contribution is 0.416. The molecule has 0 aliphatic carbocycles. The molecule has 0 bridgehead atoms. The van der Waals surface area contributed by atoms with E-state index in [9.17, 15) is 0 Å². The summed E-state index contributed by atoms with van der Waals surface area (Å²) in [5.41, 5.74) is 8.97. The third-order valence-electron chi connectivity index (χ3n) is 2.94. The van der Waals surface area contributed by atoms with Crippen molar-refractivity contribution in [3.8, 4) is 16.3 Å². The zero-order valence-electron chi connectivity index (χ0n) is 11.0. The Bertz CT molecular complexity index is 728. The van der Waals surface area contributed by atoms with Gasteiger partial charge in [0.1, 0.15) is 11.6 Å². The summed E-state index contributed by atoms with van der Waals surface area (Å²) in [5, 5.41) is 5.40. The Balaban J connectivity index is 2.22. The molecule has 0 saturated heterocycles. The van der Waals surface area contributed by atoms with Crippen LogP contribution in [0, 0.1) is 13.8 Å². The number of aryl methyl sites for hydroxylation is 2. The maximum absolute atomic E-state index is 5.64. The molecule has 19 heavy (non-hydrogen) atoms. The van der Waals surface area contributed by atoms with E-state index in [1.807, 2.05) is 6.07 Å². The van der Waals surface area contributed by atoms with Crippen LogP contribution in [0.3, 0.4) is 0 Å². The number of anilines is 1. The molecular weight excluding hydrogens is 260 g/mol. The van der Waals surface area contributed by atoms with Crippen molar-refractivity contribution in [1.82, 2.24) is 14.6 Å². The van der Waals surface area contributed by atoms with E-state index in [2.05, 4.69) is 30.0 Å². The standard InChI is InChI=1S/C13H14N4OS/c1-7-4-8(2)11(9(5-7)18-3)12-16-17-6-10(14)15-13(17)19-12/h4-6H,14H2,1-3H3. The fourth-order valence-electron chi connectivity index (χ4n) is 2.18. The number of hydrogen-bond acceptors (Lipinski definition) is 5. The van der Waals surface area contributed by atoms with Gasteiger partial charge in [-0.1, -0.05) is 17.4 Å². The Morgan fingerprint density at radius 1 is 1.32 bits per heavy atom. The van der Waals surface area contributed by atoms with Crippen molar-refractivity contribution < 1.29 is 4.74 Å². The first-order valence-corrected chi connectivity index (χ1v) is 6.67. The summed E-state index contributed by atoms with van der Waals surface area (Å²) in [7, 11) is 1.68. The molecular formula is C13H14N4OS. The van der Waals surface area contributed by atoms with E-state index in [0.29, 0.717) is 5.82 Å². The summed E-state index contributed by atoms with van der Waals surface area (Å²) in [6.45, 7) is 4.11. The molecule has 0 radical (unpaired) electrons. The number of ether oxygens (including phenoxy) is 1. The van der Waals surface area contributed by atoms with E-state index >= 15 is 0 Å². The van der Waals surface area contributed by atoms with Crippen LogP contribution in [0.4, 0.5) is 5.82 Å². The smallest absolute Gasteiger partial charge is 0.214 e. The molecule has 98 valence electrons. The van der Waals surface area contributed by atoms with Gasteiger partial charge in [-0.15, -0.1) is 0 Å². The SMILES string of the molecule is COc1cc(C)cc(C)c1-c1nn2cc(N)nc2s1. The second-order valence-electron chi connectivity index (χ2n) is 4.46. The van der Waals surface area contributed by atoms with Gasteiger partial charge in [-0.3, -0.25) is 0 Å². The zero-order valence-corrected chi connectivity index (χ0v) is 11.8. The minimum Gasteiger partial charge on any atom is -0.496 e. The van der Waals surface area contributed by atoms with E-state index in [-0.39, 0.29) is 0 Å². The predicted molar refractivity (Wildman–Crippen MR) is 76.7 cm³/mol. The number of fused-ring (bicyclic) bond motifs is 1. The lowest BCUT2D eigenvalue weighted by Gasteiger charge is -2.10. The highest BCUT2D eigenvalue weighted by atomic mass is 32.1. The fraction of sp³-hybridized carbons (Fsp3) is 0.231. The van der Waals surface area contributed by atoms with E-state index < -0.39 is 0 Å². The summed E-state index contributed by atoms with van der Waals surface area (Å²) >= 11 is 1.50. The molecule has 1 aromatic carbocycles. The Labute approximate surface area is 114 Å². The lowest BCUT2D eigenvalue weighted by atomic mass is 10.0. The molecule has 0 fully saturated rings. The van der Waals surface area contributed by atoms with Crippen LogP contribution in [0.15, 0.2) is 18.3 Å². The highest BCUT2D eigenvalue weighted by Crippen LogP contribution is 2.36. The Kier molecular flexibility index (Phi) is 2.67. The summed E-state index contributed by atoms with van der Waals surface area (Å²) in [5.74, 6) is 1.32. The average molecular weight is 274 g/mol. The molecule has 0 aliphatic heterocycles. The van der Waals surface area contributed by atoms with Crippen molar-refractivity contribution in [1.29, 1.82) is 0 Å². The maximum atomic E-state index is 5.64. The Morgan fingerprint density at radius 3 is 2.79 bits per heavy atom. The van der Waals surface area contributed by atoms with Gasteiger partial charge in [0.05, 0.1) is 18.9 Å². The lowest BCUT2D eigenvalue weighted by Crippen LogP contribution is -1.93. The Hall–Kier alpha value is -2.08. The second-order valence-corrected chi connectivity index (χ2v) is 5.42. The molecule has 5 nitrogen and oxygen atoms in total. The van der Waals surface area contributed by atoms with Gasteiger partial charge in [0.15, 0.2) is 5.01 Å². The van der Waals surface area contributed by atoms with E-state index in [1.54, 1.807) is 17.8 Å². The number of nitrogens with zero attached hydrogens (tertiary/aromatic N) is 3. The van der Waals surface area contributed by atoms with Gasteiger partial charge in [-0.05, 0) is 31.0 Å². The largest absolute Gasteiger partial charge is 0.496 e. The molecule has 0 amide bonds. The third-order valence-corrected chi connectivity index (χ3v) is 3.88. The number of nitrogens with two attached hydrogens (primary N) is 1. The number of hydrogen-bond donors (Lipinski definition) is 1. The van der Waals surface area contributed by atoms with Gasteiger partial charge >= 0.3 is 0 Å². The zero-order chi connectivity index (χ0) is 13.6. The van der Waals surface area contributed by atoms with Crippen LogP contribution in [-0.4, -0.2) is 21.7 Å². The van der Waals surface area contributed by atoms with Gasteiger partial charge in [-0.2, -0.15) is 5.10 Å². The summed E-state index contributed by atoms with van der Waals surface area (Å²) < 4.78 is 7.17. The van der Waals surface area contributed by atoms with Crippen LogP contribution in [0.25, 0.3) is 15.5 Å². The van der Waals surface area contributed by atoms with E-state index in [0.717, 1.165) is 26.8 Å². The number of benzene rings is 1. The van der Waals surface area contributed by atoms with Crippen LogP contribution in [0.2, 0.25) is 0 Å². The van der Waals surface area contributed by atoms with Crippen LogP contribution in [-0.2, 0) is 0 Å². The van der Waals surface area contributed by atoms with Gasteiger partial charge < -0.3 is 10.5 Å². The third kappa shape index (κ3) is 1.94. The van der Waals surface area contributed by atoms with Crippen molar-refractivity contribution in [2.75, 3.05) is 12.8 Å². The summed E-state index contributed by atoms with van der Waals surface area (Å²) in [6.07, 6.45) is 1.71. The van der Waals surface area contributed by atoms with Gasteiger partial charge in [-0.25, -0.2) is 9.50 Å². The molecule has 6 heteroatoms. The molecule has 2 aromatic heterocycles. The number of imidazole rings is 1. The van der Waals surface area contributed by atoms with Crippen molar-refractivity contribution in [3.05, 3.63) is 29.5 Å². The average Bonchev–Trinajstić information content (AvgIpc) is 2.84. The summed E-state index contributed by atoms with van der Waals surface area (Å²) in [6, 6.07) is 4.14. The van der Waals surface area contributed by atoms with Crippen LogP contribution in [0.5, 0.6) is 5.75 Å². The highest BCUT2D eigenvalue weighted by molar-refractivity contribution is 7.19. The molecule has 0 atom stereocenters. The normalized spacial score (nSPS) is 11.1. The number of aromatic nitrogens is 3. The van der Waals surface area contributed by atoms with Gasteiger partial charge in [0, 0.05) is 0 Å². The number of rotatable bonds is 2. The van der Waals surface area contributed by atoms with Crippen molar-refractivity contribution in [2.24, 2.45) is 0 Å². The fourth-order valence-corrected chi connectivity index (χ4v) is 3.19. The molecule has 2 N–H and O–H groups in total. The first kappa shape index (κ1) is 12.0. The van der Waals surface area contributed by atoms with Crippen molar-refractivity contribution >= 4 is 22.1 Å². The first-order chi connectivity index (χ1) is 9.08. The molecule has 0 aliphatic rings. The van der Waals surface area contributed by atoms with E-state index in [4.69, 9.17) is 10.5 Å². The molecule has 0 spiro atoms. The van der Waals surface area contributed by atoms with Crippen LogP contribution >= 0.6 is 11.3 Å². The van der Waals surface area contributed by atoms with Crippen molar-refractivity contribution in [2.45, 2.75) is 13.8 Å². The molecule has 3 rings (SSSR count). The quantitative estimate of drug-likeness (QED) is 0.780. The number of nitrogen functional groups attached to an aromatic ring is 1. The highest BCUT2D eigenvalue weighted by Gasteiger charge is 2.16. The molecule has 0 saturated carbocycles. The monoisotopic (exact) mass is 274 g/mol. The van der Waals surface area contributed by atoms with Crippen LogP contribution < -0.4 is 10.5 Å². The number of methoxy groups -OCH3 is 1. The van der Waals surface area contributed by atoms with E-state index in [1.165, 1.54) is 16.9 Å². The minimum absolute atomic E-state index is 0.484. The Morgan fingerprint density at radius 2 is 2.11 bits per heavy atom. The first-order valence-electron chi connectivity index (χ1n) is 5.86. The van der Waals surface area contributed by atoms with Crippen molar-refractivity contribution in [3.63, 3.8) is 0 Å². The van der Waals surface area contributed by atoms with Gasteiger partial charge in [0.2, 0.25) is 4.96 Å². The molecule has 2 heterocycles. The predicted octanol–water partition coefficient (Wildman–Crippen LogP) is 2.67. The topological polar surface area (TPSA) is 65.4 Å². The second kappa shape index (κ2) is 4.24. The molecule has 0 unspecified atom stereocenters. The molecule has 3 aromatic rings. The van der Waals surface area contributed by atoms with Crippen LogP contribution in [0.1, 0.15) is 11.1 Å². The maximum Gasteiger partial charge on any atom is 0.214 e. The van der Waals surface area contributed by atoms with Gasteiger partial charge in [0.25, 0.3) is 0 Å².